The number of ketones is 1. The smallest absolute Gasteiger partial charge is 0.166 e. The van der Waals surface area contributed by atoms with Gasteiger partial charge < -0.3 is 20.4 Å². The SMILES string of the molecule is O=C(CCc1ccc(O)cc1)c1c([O-])cc(O)cc1O. The van der Waals surface area contributed by atoms with Crippen LogP contribution in [-0.2, 0) is 6.42 Å². The molecular formula is C15H13O5-. The predicted octanol–water partition coefficient (Wildman–Crippen LogP) is 1.69. The Labute approximate surface area is 115 Å². The Balaban J connectivity index is 2.11. The third-order valence-electron chi connectivity index (χ3n) is 2.92. The molecular weight excluding hydrogens is 260 g/mol. The van der Waals surface area contributed by atoms with Gasteiger partial charge in [-0.05, 0) is 30.2 Å². The minimum absolute atomic E-state index is 0.0539. The van der Waals surface area contributed by atoms with E-state index in [1.165, 1.54) is 12.1 Å². The highest BCUT2D eigenvalue weighted by Crippen LogP contribution is 2.31. The lowest BCUT2D eigenvalue weighted by atomic mass is 10.0. The first-order chi connectivity index (χ1) is 9.47. The number of aryl methyl sites for hydroxylation is 1. The van der Waals surface area contributed by atoms with Crippen LogP contribution < -0.4 is 5.11 Å². The lowest BCUT2D eigenvalue weighted by Crippen LogP contribution is -2.06. The van der Waals surface area contributed by atoms with Crippen molar-refractivity contribution < 1.29 is 25.2 Å². The number of carbonyl (C=O) groups is 1. The van der Waals surface area contributed by atoms with Crippen LogP contribution in [0.15, 0.2) is 36.4 Å². The fraction of sp³-hybridized carbons (Fsp3) is 0.133. The molecule has 0 amide bonds. The maximum Gasteiger partial charge on any atom is 0.166 e. The number of rotatable bonds is 4. The van der Waals surface area contributed by atoms with E-state index in [2.05, 4.69) is 0 Å². The Kier molecular flexibility index (Phi) is 3.79. The van der Waals surface area contributed by atoms with E-state index in [0.717, 1.165) is 17.7 Å². The van der Waals surface area contributed by atoms with E-state index in [1.807, 2.05) is 0 Å². The largest absolute Gasteiger partial charge is 0.872 e. The van der Waals surface area contributed by atoms with Crippen molar-refractivity contribution in [3.05, 3.63) is 47.5 Å². The summed E-state index contributed by atoms with van der Waals surface area (Å²) in [4.78, 5) is 11.9. The van der Waals surface area contributed by atoms with Crippen LogP contribution in [0.1, 0.15) is 22.3 Å². The highest BCUT2D eigenvalue weighted by molar-refractivity contribution is 6.01. The van der Waals surface area contributed by atoms with Gasteiger partial charge in [0.05, 0.1) is 5.56 Å². The van der Waals surface area contributed by atoms with E-state index < -0.39 is 17.3 Å². The van der Waals surface area contributed by atoms with Gasteiger partial charge in [-0.25, -0.2) is 0 Å². The van der Waals surface area contributed by atoms with E-state index >= 15 is 0 Å². The maximum atomic E-state index is 11.9. The Bertz CT molecular complexity index is 608. The molecule has 0 spiro atoms. The van der Waals surface area contributed by atoms with Crippen molar-refractivity contribution in [3.8, 4) is 23.0 Å². The monoisotopic (exact) mass is 273 g/mol. The summed E-state index contributed by atoms with van der Waals surface area (Å²) in [6.45, 7) is 0. The molecule has 0 aliphatic carbocycles. The molecule has 0 atom stereocenters. The van der Waals surface area contributed by atoms with Gasteiger partial charge in [-0.15, -0.1) is 0 Å². The summed E-state index contributed by atoms with van der Waals surface area (Å²) >= 11 is 0. The summed E-state index contributed by atoms with van der Waals surface area (Å²) in [5, 5.41) is 39.4. The molecule has 3 N–H and O–H groups in total. The Morgan fingerprint density at radius 2 is 1.65 bits per heavy atom. The van der Waals surface area contributed by atoms with Crippen molar-refractivity contribution in [1.82, 2.24) is 0 Å². The van der Waals surface area contributed by atoms with E-state index in [0.29, 0.717) is 6.42 Å². The Morgan fingerprint density at radius 3 is 2.25 bits per heavy atom. The molecule has 0 aromatic heterocycles. The van der Waals surface area contributed by atoms with Crippen LogP contribution in [0.25, 0.3) is 0 Å². The normalized spacial score (nSPS) is 10.4. The molecule has 20 heavy (non-hydrogen) atoms. The number of hydrogen-bond donors (Lipinski definition) is 3. The first kappa shape index (κ1) is 13.7. The molecule has 0 bridgehead atoms. The van der Waals surface area contributed by atoms with Gasteiger partial charge in [0.15, 0.2) is 5.78 Å². The topological polar surface area (TPSA) is 101 Å². The Hall–Kier alpha value is -2.69. The minimum Gasteiger partial charge on any atom is -0.872 e. The van der Waals surface area contributed by atoms with Crippen molar-refractivity contribution in [3.63, 3.8) is 0 Å². The molecule has 5 heteroatoms. The quantitative estimate of drug-likeness (QED) is 0.736. The number of hydrogen-bond acceptors (Lipinski definition) is 5. The van der Waals surface area contributed by atoms with Gasteiger partial charge in [-0.1, -0.05) is 17.9 Å². The fourth-order valence-electron chi connectivity index (χ4n) is 1.91. The van der Waals surface area contributed by atoms with Gasteiger partial charge in [0.2, 0.25) is 0 Å². The summed E-state index contributed by atoms with van der Waals surface area (Å²) in [7, 11) is 0. The van der Waals surface area contributed by atoms with Crippen LogP contribution in [0.4, 0.5) is 0 Å². The van der Waals surface area contributed by atoms with E-state index in [-0.39, 0.29) is 23.5 Å². The van der Waals surface area contributed by atoms with Gasteiger partial charge in [0, 0.05) is 12.5 Å². The van der Waals surface area contributed by atoms with Crippen LogP contribution in [0.2, 0.25) is 0 Å². The van der Waals surface area contributed by atoms with Crippen molar-refractivity contribution >= 4 is 5.78 Å². The standard InChI is InChI=1S/C15H14O5/c16-10-4-1-9(2-5-10)3-6-12(18)15-13(19)7-11(17)8-14(15)20/h1-2,4-5,7-8,16-17,19-20H,3,6H2/p-1. The zero-order valence-corrected chi connectivity index (χ0v) is 10.5. The van der Waals surface area contributed by atoms with Gasteiger partial charge in [-0.3, -0.25) is 4.79 Å². The molecule has 0 aliphatic rings. The van der Waals surface area contributed by atoms with Crippen LogP contribution in [0.5, 0.6) is 23.0 Å². The van der Waals surface area contributed by atoms with Gasteiger partial charge in [0.1, 0.15) is 17.2 Å². The first-order valence-corrected chi connectivity index (χ1v) is 6.01. The lowest BCUT2D eigenvalue weighted by molar-refractivity contribution is -0.268. The zero-order chi connectivity index (χ0) is 14.7. The molecule has 0 saturated heterocycles. The molecule has 104 valence electrons. The number of benzene rings is 2. The molecule has 0 radical (unpaired) electrons. The summed E-state index contributed by atoms with van der Waals surface area (Å²) in [5.74, 6) is -1.93. The third-order valence-corrected chi connectivity index (χ3v) is 2.92. The molecule has 0 aliphatic heterocycles. The van der Waals surface area contributed by atoms with Crippen molar-refractivity contribution in [2.24, 2.45) is 0 Å². The second kappa shape index (κ2) is 5.52. The molecule has 0 unspecified atom stereocenters. The predicted molar refractivity (Wildman–Crippen MR) is 70.0 cm³/mol. The van der Waals surface area contributed by atoms with Crippen molar-refractivity contribution in [1.29, 1.82) is 0 Å². The van der Waals surface area contributed by atoms with Crippen molar-refractivity contribution in [2.75, 3.05) is 0 Å². The number of carbonyl (C=O) groups excluding carboxylic acids is 1. The van der Waals surface area contributed by atoms with Crippen LogP contribution in [0, 0.1) is 0 Å². The molecule has 5 nitrogen and oxygen atoms in total. The van der Waals surface area contributed by atoms with Gasteiger partial charge >= 0.3 is 0 Å². The number of phenolic OH excluding ortho intramolecular Hbond substituents is 3. The second-order valence-corrected chi connectivity index (χ2v) is 4.43. The minimum atomic E-state index is -0.696. The average molecular weight is 273 g/mol. The van der Waals surface area contributed by atoms with Crippen LogP contribution in [-0.4, -0.2) is 21.1 Å². The second-order valence-electron chi connectivity index (χ2n) is 4.43. The summed E-state index contributed by atoms with van der Waals surface area (Å²) in [5.41, 5.74) is 0.531. The third kappa shape index (κ3) is 3.00. The lowest BCUT2D eigenvalue weighted by Gasteiger charge is -2.14. The number of Topliss-reactive ketones (excluding diaryl/α,β-unsaturated/α-hetero) is 1. The zero-order valence-electron chi connectivity index (χ0n) is 10.5. The highest BCUT2D eigenvalue weighted by Gasteiger charge is 2.13. The Morgan fingerprint density at radius 1 is 1.00 bits per heavy atom. The first-order valence-electron chi connectivity index (χ1n) is 6.01. The maximum absolute atomic E-state index is 11.9. The average Bonchev–Trinajstić information content (AvgIpc) is 2.37. The van der Waals surface area contributed by atoms with Gasteiger partial charge in [0.25, 0.3) is 0 Å². The van der Waals surface area contributed by atoms with E-state index in [9.17, 15) is 15.0 Å². The van der Waals surface area contributed by atoms with Crippen molar-refractivity contribution in [2.45, 2.75) is 12.8 Å². The van der Waals surface area contributed by atoms with Crippen LogP contribution in [0.3, 0.4) is 0 Å². The number of aromatic hydroxyl groups is 3. The molecule has 0 fully saturated rings. The fourth-order valence-corrected chi connectivity index (χ4v) is 1.91. The van der Waals surface area contributed by atoms with Crippen LogP contribution >= 0.6 is 0 Å². The molecule has 2 aromatic carbocycles. The molecule has 0 heterocycles. The molecule has 0 saturated carbocycles. The highest BCUT2D eigenvalue weighted by atomic mass is 16.3. The molecule has 2 rings (SSSR count). The summed E-state index contributed by atoms with van der Waals surface area (Å²) < 4.78 is 0. The number of phenols is 3. The molecule has 2 aromatic rings. The van der Waals surface area contributed by atoms with Gasteiger partial charge in [-0.2, -0.15) is 0 Å². The van der Waals surface area contributed by atoms with E-state index in [4.69, 9.17) is 10.2 Å². The van der Waals surface area contributed by atoms with E-state index in [1.54, 1.807) is 12.1 Å². The summed E-state index contributed by atoms with van der Waals surface area (Å²) in [6.07, 6.45) is 0.442. The summed E-state index contributed by atoms with van der Waals surface area (Å²) in [6, 6.07) is 8.24.